The molecule has 22 heavy (non-hydrogen) atoms. The summed E-state index contributed by atoms with van der Waals surface area (Å²) in [6, 6.07) is 0.166. The van der Waals surface area contributed by atoms with E-state index in [1.54, 1.807) is 13.0 Å². The smallest absolute Gasteiger partial charge is 0.416 e. The van der Waals surface area contributed by atoms with Gasteiger partial charge in [-0.05, 0) is 32.9 Å². The van der Waals surface area contributed by atoms with Gasteiger partial charge in [0.05, 0.1) is 18.1 Å². The van der Waals surface area contributed by atoms with Crippen molar-refractivity contribution < 1.29 is 22.7 Å². The van der Waals surface area contributed by atoms with Gasteiger partial charge in [-0.2, -0.15) is 13.2 Å². The van der Waals surface area contributed by atoms with E-state index in [0.717, 1.165) is 25.9 Å². The number of likely N-dealkylation sites (tertiary alicyclic amines) is 1. The molecule has 0 spiro atoms. The van der Waals surface area contributed by atoms with Crippen LogP contribution in [0.25, 0.3) is 0 Å². The van der Waals surface area contributed by atoms with Crippen molar-refractivity contribution in [3.05, 3.63) is 23.8 Å². The highest BCUT2D eigenvalue weighted by molar-refractivity contribution is 5.72. The van der Waals surface area contributed by atoms with Gasteiger partial charge in [-0.1, -0.05) is 18.2 Å². The molecule has 3 unspecified atom stereocenters. The number of alkyl halides is 3. The fourth-order valence-electron chi connectivity index (χ4n) is 3.64. The summed E-state index contributed by atoms with van der Waals surface area (Å²) in [6.45, 7) is 3.69. The van der Waals surface area contributed by atoms with Gasteiger partial charge in [0.25, 0.3) is 0 Å². The summed E-state index contributed by atoms with van der Waals surface area (Å²) in [4.78, 5) is 13.9. The number of allylic oxidation sites excluding steroid dienone is 2. The van der Waals surface area contributed by atoms with E-state index in [-0.39, 0.29) is 29.8 Å². The monoisotopic (exact) mass is 315 g/mol. The Morgan fingerprint density at radius 2 is 2.00 bits per heavy atom. The van der Waals surface area contributed by atoms with Crippen molar-refractivity contribution in [1.29, 1.82) is 0 Å². The largest absolute Gasteiger partial charge is 0.466 e. The molecule has 0 aromatic rings. The highest BCUT2D eigenvalue weighted by atomic mass is 19.4. The number of hydrogen-bond acceptors (Lipinski definition) is 3. The van der Waals surface area contributed by atoms with Gasteiger partial charge in [0.15, 0.2) is 0 Å². The molecule has 3 rings (SSSR count). The Labute approximate surface area is 127 Å². The Balaban J connectivity index is 1.56. The maximum atomic E-state index is 12.7. The molecule has 0 N–H and O–H groups in total. The van der Waals surface area contributed by atoms with E-state index in [0.29, 0.717) is 6.61 Å². The van der Waals surface area contributed by atoms with Gasteiger partial charge >= 0.3 is 12.1 Å². The number of piperidine rings is 1. The van der Waals surface area contributed by atoms with Crippen LogP contribution >= 0.6 is 0 Å². The van der Waals surface area contributed by atoms with E-state index >= 15 is 0 Å². The van der Waals surface area contributed by atoms with Crippen molar-refractivity contribution in [2.24, 2.45) is 17.8 Å². The van der Waals surface area contributed by atoms with Crippen molar-refractivity contribution in [2.75, 3.05) is 19.7 Å². The zero-order chi connectivity index (χ0) is 15.9. The molecule has 3 nitrogen and oxygen atoms in total. The number of ether oxygens (including phenoxy) is 1. The summed E-state index contributed by atoms with van der Waals surface area (Å²) in [5, 5.41) is 0. The van der Waals surface area contributed by atoms with Crippen molar-refractivity contribution in [2.45, 2.75) is 32.0 Å². The van der Waals surface area contributed by atoms with Crippen LogP contribution in [0, 0.1) is 17.8 Å². The number of esters is 1. The molecule has 122 valence electrons. The van der Waals surface area contributed by atoms with Crippen LogP contribution in [0.4, 0.5) is 13.2 Å². The summed E-state index contributed by atoms with van der Waals surface area (Å²) in [5.41, 5.74) is -0.530. The molecule has 0 radical (unpaired) electrons. The van der Waals surface area contributed by atoms with E-state index in [1.807, 2.05) is 0 Å². The molecule has 3 aliphatic rings. The fourth-order valence-corrected chi connectivity index (χ4v) is 3.64. The predicted octanol–water partition coefficient (Wildman–Crippen LogP) is 2.93. The van der Waals surface area contributed by atoms with Crippen LogP contribution in [0.5, 0.6) is 0 Å². The highest BCUT2D eigenvalue weighted by Crippen LogP contribution is 2.51. The summed E-state index contributed by atoms with van der Waals surface area (Å²) in [6.07, 6.45) is 1.46. The molecular weight excluding hydrogens is 295 g/mol. The third-order valence-electron chi connectivity index (χ3n) is 4.86. The molecule has 1 heterocycles. The zero-order valence-electron chi connectivity index (χ0n) is 12.5. The van der Waals surface area contributed by atoms with Crippen LogP contribution in [0.3, 0.4) is 0 Å². The summed E-state index contributed by atoms with van der Waals surface area (Å²) < 4.78 is 43.2. The van der Waals surface area contributed by atoms with Gasteiger partial charge in [-0.3, -0.25) is 9.69 Å². The van der Waals surface area contributed by atoms with E-state index in [4.69, 9.17) is 4.74 Å². The van der Waals surface area contributed by atoms with Gasteiger partial charge in [0.2, 0.25) is 0 Å². The average molecular weight is 315 g/mol. The lowest BCUT2D eigenvalue weighted by atomic mass is 9.97. The van der Waals surface area contributed by atoms with Gasteiger partial charge in [0, 0.05) is 17.9 Å². The van der Waals surface area contributed by atoms with Crippen molar-refractivity contribution in [1.82, 2.24) is 4.90 Å². The summed E-state index contributed by atoms with van der Waals surface area (Å²) >= 11 is 0. The maximum absolute atomic E-state index is 12.7. The van der Waals surface area contributed by atoms with Gasteiger partial charge < -0.3 is 4.74 Å². The number of rotatable bonds is 3. The normalized spacial score (nSPS) is 32.4. The zero-order valence-corrected chi connectivity index (χ0v) is 12.5. The second-order valence-corrected chi connectivity index (χ2v) is 6.19. The first kappa shape index (κ1) is 15.6. The summed E-state index contributed by atoms with van der Waals surface area (Å²) in [7, 11) is 0. The van der Waals surface area contributed by atoms with Crippen LogP contribution in [0.1, 0.15) is 19.8 Å². The topological polar surface area (TPSA) is 29.5 Å². The quantitative estimate of drug-likeness (QED) is 0.750. The molecule has 0 amide bonds. The van der Waals surface area contributed by atoms with Gasteiger partial charge in [0.1, 0.15) is 0 Å². The molecular formula is C16H20F3NO2. The van der Waals surface area contributed by atoms with E-state index < -0.39 is 11.7 Å². The third-order valence-corrected chi connectivity index (χ3v) is 4.86. The lowest BCUT2D eigenvalue weighted by molar-refractivity contribution is -0.149. The Morgan fingerprint density at radius 3 is 2.59 bits per heavy atom. The van der Waals surface area contributed by atoms with Crippen molar-refractivity contribution in [3.8, 4) is 0 Å². The second-order valence-electron chi connectivity index (χ2n) is 6.19. The van der Waals surface area contributed by atoms with Crippen LogP contribution in [0.15, 0.2) is 23.8 Å². The second kappa shape index (κ2) is 5.72. The molecule has 0 aromatic carbocycles. The maximum Gasteiger partial charge on any atom is 0.416 e. The number of nitrogens with zero attached hydrogens (tertiary/aromatic N) is 1. The molecule has 1 saturated heterocycles. The minimum absolute atomic E-state index is 0.0271. The summed E-state index contributed by atoms with van der Waals surface area (Å²) in [5.74, 6) is -0.0330. The van der Waals surface area contributed by atoms with E-state index in [2.05, 4.69) is 4.90 Å². The number of carbonyl (C=O) groups excluding carboxylic acids is 1. The number of hydrogen-bond donors (Lipinski definition) is 0. The molecule has 2 aliphatic carbocycles. The van der Waals surface area contributed by atoms with Gasteiger partial charge in [-0.25, -0.2) is 0 Å². The lowest BCUT2D eigenvalue weighted by Crippen LogP contribution is -2.39. The molecule has 3 atom stereocenters. The Bertz CT molecular complexity index is 504. The third kappa shape index (κ3) is 2.93. The minimum atomic E-state index is -4.26. The lowest BCUT2D eigenvalue weighted by Gasteiger charge is -2.31. The first-order valence-corrected chi connectivity index (χ1v) is 7.79. The highest BCUT2D eigenvalue weighted by Gasteiger charge is 2.54. The molecule has 0 bridgehead atoms. The molecule has 2 fully saturated rings. The predicted molar refractivity (Wildman–Crippen MR) is 75.0 cm³/mol. The number of fused-ring (bicyclic) bond motifs is 1. The Kier molecular flexibility index (Phi) is 4.05. The van der Waals surface area contributed by atoms with Crippen molar-refractivity contribution in [3.63, 3.8) is 0 Å². The first-order valence-electron chi connectivity index (χ1n) is 7.79. The standard InChI is InChI=1S/C16H20F3NO2/c1-2-22-15(21)10-5-7-20(8-6-10)14-12-4-3-11(9-13(12)14)16(17,18)19/h3-4,9-10,12-14H,2,5-8H2,1H3. The first-order chi connectivity index (χ1) is 10.4. The number of carbonyl (C=O) groups is 1. The van der Waals surface area contributed by atoms with E-state index in [9.17, 15) is 18.0 Å². The van der Waals surface area contributed by atoms with Crippen LogP contribution < -0.4 is 0 Å². The Morgan fingerprint density at radius 1 is 1.32 bits per heavy atom. The van der Waals surface area contributed by atoms with Crippen LogP contribution in [-0.2, 0) is 9.53 Å². The minimum Gasteiger partial charge on any atom is -0.466 e. The SMILES string of the molecule is CCOC(=O)C1CCN(C2C3C=CC(C(F)(F)F)=CC32)CC1. The Hall–Kier alpha value is -1.30. The van der Waals surface area contributed by atoms with Crippen molar-refractivity contribution >= 4 is 5.97 Å². The number of halogens is 3. The van der Waals surface area contributed by atoms with Crippen LogP contribution in [0.2, 0.25) is 0 Å². The molecule has 0 aromatic heterocycles. The molecule has 1 saturated carbocycles. The average Bonchev–Trinajstić information content (AvgIpc) is 3.20. The van der Waals surface area contributed by atoms with E-state index in [1.165, 1.54) is 12.2 Å². The molecule has 6 heteroatoms. The van der Waals surface area contributed by atoms with Gasteiger partial charge in [-0.15, -0.1) is 0 Å². The molecule has 1 aliphatic heterocycles. The van der Waals surface area contributed by atoms with Crippen LogP contribution in [-0.4, -0.2) is 42.8 Å². The fraction of sp³-hybridized carbons (Fsp3) is 0.688.